The molecule has 1 saturated heterocycles. The fourth-order valence-electron chi connectivity index (χ4n) is 3.67. The Labute approximate surface area is 162 Å². The highest BCUT2D eigenvalue weighted by molar-refractivity contribution is 6.46. The maximum absolute atomic E-state index is 12.8. The van der Waals surface area contributed by atoms with Gasteiger partial charge in [-0.1, -0.05) is 49.7 Å². The van der Waals surface area contributed by atoms with Crippen LogP contribution in [-0.2, 0) is 9.59 Å². The SMILES string of the molecule is CCCCN1C(=O)C(=O)/C(=C(\O)c2ccc3ccccc3c2)C1c1ccco1. The topological polar surface area (TPSA) is 70.8 Å². The second kappa shape index (κ2) is 7.35. The largest absolute Gasteiger partial charge is 0.507 e. The van der Waals surface area contributed by atoms with Gasteiger partial charge in [0.05, 0.1) is 11.8 Å². The fourth-order valence-corrected chi connectivity index (χ4v) is 3.67. The first-order chi connectivity index (χ1) is 13.6. The minimum atomic E-state index is -0.715. The van der Waals surface area contributed by atoms with Crippen LogP contribution in [0.15, 0.2) is 70.9 Å². The van der Waals surface area contributed by atoms with Crippen molar-refractivity contribution < 1.29 is 19.1 Å². The first-order valence-corrected chi connectivity index (χ1v) is 9.42. The predicted molar refractivity (Wildman–Crippen MR) is 107 cm³/mol. The van der Waals surface area contributed by atoms with Gasteiger partial charge < -0.3 is 14.4 Å². The van der Waals surface area contributed by atoms with Crippen molar-refractivity contribution in [2.45, 2.75) is 25.8 Å². The number of Topliss-reactive ketones (excluding diaryl/α,β-unsaturated/α-hetero) is 1. The number of amides is 1. The van der Waals surface area contributed by atoms with Crippen molar-refractivity contribution in [2.24, 2.45) is 0 Å². The van der Waals surface area contributed by atoms with E-state index in [4.69, 9.17) is 4.42 Å². The molecule has 4 rings (SSSR count). The molecule has 1 atom stereocenters. The molecule has 0 aliphatic carbocycles. The minimum absolute atomic E-state index is 0.0753. The standard InChI is InChI=1S/C23H21NO4/c1-2-3-12-24-20(18-9-6-13-28-18)19(22(26)23(24)27)21(25)17-11-10-15-7-4-5-8-16(15)14-17/h4-11,13-14,20,25H,2-3,12H2,1H3/b21-19-. The van der Waals surface area contributed by atoms with Gasteiger partial charge in [-0.15, -0.1) is 0 Å². The van der Waals surface area contributed by atoms with Gasteiger partial charge in [0.2, 0.25) is 0 Å². The van der Waals surface area contributed by atoms with E-state index < -0.39 is 17.7 Å². The molecule has 0 radical (unpaired) electrons. The number of aliphatic hydroxyl groups is 1. The van der Waals surface area contributed by atoms with E-state index in [1.54, 1.807) is 18.2 Å². The Bertz CT molecular complexity index is 1070. The van der Waals surface area contributed by atoms with Crippen molar-refractivity contribution in [1.82, 2.24) is 4.90 Å². The molecule has 2 heterocycles. The lowest BCUT2D eigenvalue weighted by molar-refractivity contribution is -0.140. The molecule has 1 fully saturated rings. The summed E-state index contributed by atoms with van der Waals surface area (Å²) in [4.78, 5) is 27.0. The number of unbranched alkanes of at least 4 members (excludes halogenated alkanes) is 1. The molecule has 1 aliphatic heterocycles. The molecule has 5 nitrogen and oxygen atoms in total. The van der Waals surface area contributed by atoms with Gasteiger partial charge in [0.15, 0.2) is 0 Å². The number of ketones is 1. The van der Waals surface area contributed by atoms with Crippen LogP contribution in [0.5, 0.6) is 0 Å². The summed E-state index contributed by atoms with van der Waals surface area (Å²) in [7, 11) is 0. The molecule has 3 aromatic rings. The van der Waals surface area contributed by atoms with Crippen molar-refractivity contribution >= 4 is 28.2 Å². The second-order valence-corrected chi connectivity index (χ2v) is 6.92. The average Bonchev–Trinajstić information content (AvgIpc) is 3.33. The van der Waals surface area contributed by atoms with Crippen LogP contribution >= 0.6 is 0 Å². The molecule has 1 amide bonds. The highest BCUT2D eigenvalue weighted by atomic mass is 16.3. The summed E-state index contributed by atoms with van der Waals surface area (Å²) in [5.74, 6) is -0.984. The van der Waals surface area contributed by atoms with Crippen molar-refractivity contribution in [2.75, 3.05) is 6.54 Å². The quantitative estimate of drug-likeness (QED) is 0.400. The summed E-state index contributed by atoms with van der Waals surface area (Å²) in [6.07, 6.45) is 3.16. The Balaban J connectivity index is 1.85. The van der Waals surface area contributed by atoms with E-state index in [1.807, 2.05) is 43.3 Å². The molecule has 0 spiro atoms. The third-order valence-corrected chi connectivity index (χ3v) is 5.13. The van der Waals surface area contributed by atoms with Crippen LogP contribution in [0.4, 0.5) is 0 Å². The van der Waals surface area contributed by atoms with Crippen LogP contribution in [0.25, 0.3) is 16.5 Å². The van der Waals surface area contributed by atoms with E-state index in [9.17, 15) is 14.7 Å². The van der Waals surface area contributed by atoms with Gasteiger partial charge in [0.1, 0.15) is 17.6 Å². The molecule has 28 heavy (non-hydrogen) atoms. The molecule has 142 valence electrons. The Morgan fingerprint density at radius 3 is 2.57 bits per heavy atom. The van der Waals surface area contributed by atoms with Crippen molar-refractivity contribution in [1.29, 1.82) is 0 Å². The van der Waals surface area contributed by atoms with Gasteiger partial charge in [-0.2, -0.15) is 0 Å². The summed E-state index contributed by atoms with van der Waals surface area (Å²) in [6.45, 7) is 2.45. The van der Waals surface area contributed by atoms with E-state index in [0.717, 1.165) is 23.6 Å². The molecule has 0 bridgehead atoms. The summed E-state index contributed by atoms with van der Waals surface area (Å²) >= 11 is 0. The van der Waals surface area contributed by atoms with Crippen LogP contribution in [0.1, 0.15) is 37.1 Å². The number of furan rings is 1. The number of carbonyl (C=O) groups excluding carboxylic acids is 2. The maximum atomic E-state index is 12.8. The first kappa shape index (κ1) is 18.0. The van der Waals surface area contributed by atoms with Gasteiger partial charge >= 0.3 is 0 Å². The summed E-state index contributed by atoms with van der Waals surface area (Å²) in [5.41, 5.74) is 0.579. The maximum Gasteiger partial charge on any atom is 0.295 e. The number of likely N-dealkylation sites (tertiary alicyclic amines) is 1. The second-order valence-electron chi connectivity index (χ2n) is 6.92. The molecular formula is C23H21NO4. The fraction of sp³-hybridized carbons (Fsp3) is 0.217. The summed E-state index contributed by atoms with van der Waals surface area (Å²) in [6, 6.07) is 16.0. The van der Waals surface area contributed by atoms with E-state index in [-0.39, 0.29) is 11.3 Å². The van der Waals surface area contributed by atoms with Crippen LogP contribution in [0.2, 0.25) is 0 Å². The number of fused-ring (bicyclic) bond motifs is 1. The number of carbonyl (C=O) groups is 2. The zero-order valence-corrected chi connectivity index (χ0v) is 15.6. The lowest BCUT2D eigenvalue weighted by Crippen LogP contribution is -2.30. The molecular weight excluding hydrogens is 354 g/mol. The Morgan fingerprint density at radius 1 is 1.07 bits per heavy atom. The van der Waals surface area contributed by atoms with Crippen LogP contribution < -0.4 is 0 Å². The van der Waals surface area contributed by atoms with Crippen molar-refractivity contribution in [3.8, 4) is 0 Å². The molecule has 2 aromatic carbocycles. The van der Waals surface area contributed by atoms with Crippen molar-refractivity contribution in [3.05, 3.63) is 77.8 Å². The third-order valence-electron chi connectivity index (χ3n) is 5.13. The van der Waals surface area contributed by atoms with Gasteiger partial charge in [-0.05, 0) is 35.4 Å². The molecule has 0 saturated carbocycles. The number of aliphatic hydroxyl groups excluding tert-OH is 1. The van der Waals surface area contributed by atoms with Crippen LogP contribution in [0, 0.1) is 0 Å². The highest BCUT2D eigenvalue weighted by Crippen LogP contribution is 2.40. The van der Waals surface area contributed by atoms with E-state index >= 15 is 0 Å². The molecule has 5 heteroatoms. The van der Waals surface area contributed by atoms with Crippen LogP contribution in [-0.4, -0.2) is 28.2 Å². The normalized spacial score (nSPS) is 18.9. The number of hydrogen-bond donors (Lipinski definition) is 1. The van der Waals surface area contributed by atoms with E-state index in [2.05, 4.69) is 0 Å². The third kappa shape index (κ3) is 2.99. The monoisotopic (exact) mass is 375 g/mol. The predicted octanol–water partition coefficient (Wildman–Crippen LogP) is 4.65. The lowest BCUT2D eigenvalue weighted by Gasteiger charge is -2.23. The Kier molecular flexibility index (Phi) is 4.74. The van der Waals surface area contributed by atoms with E-state index in [1.165, 1.54) is 11.2 Å². The molecule has 1 N–H and O–H groups in total. The summed E-state index contributed by atoms with van der Waals surface area (Å²) in [5, 5.41) is 13.0. The zero-order valence-electron chi connectivity index (χ0n) is 15.6. The zero-order chi connectivity index (χ0) is 19.7. The average molecular weight is 375 g/mol. The smallest absolute Gasteiger partial charge is 0.295 e. The summed E-state index contributed by atoms with van der Waals surface area (Å²) < 4.78 is 5.52. The first-order valence-electron chi connectivity index (χ1n) is 9.42. The lowest BCUT2D eigenvalue weighted by atomic mass is 9.97. The number of rotatable bonds is 5. The van der Waals surface area contributed by atoms with Gasteiger partial charge in [-0.25, -0.2) is 0 Å². The number of benzene rings is 2. The molecule has 1 aromatic heterocycles. The molecule has 1 unspecified atom stereocenters. The highest BCUT2D eigenvalue weighted by Gasteiger charge is 2.47. The number of hydrogen-bond acceptors (Lipinski definition) is 4. The Morgan fingerprint density at radius 2 is 1.86 bits per heavy atom. The van der Waals surface area contributed by atoms with Gasteiger partial charge in [0.25, 0.3) is 11.7 Å². The molecule has 1 aliphatic rings. The van der Waals surface area contributed by atoms with Crippen molar-refractivity contribution in [3.63, 3.8) is 0 Å². The van der Waals surface area contributed by atoms with E-state index in [0.29, 0.717) is 17.9 Å². The number of nitrogens with zero attached hydrogens (tertiary/aromatic N) is 1. The van der Waals surface area contributed by atoms with Gasteiger partial charge in [-0.3, -0.25) is 9.59 Å². The van der Waals surface area contributed by atoms with Gasteiger partial charge in [0, 0.05) is 12.1 Å². The Hall–Kier alpha value is -3.34. The van der Waals surface area contributed by atoms with Crippen LogP contribution in [0.3, 0.4) is 0 Å². The minimum Gasteiger partial charge on any atom is -0.507 e.